The number of H-pyrrole nitrogens is 1. The Balaban J connectivity index is 1.13. The number of aromatic amines is 1. The Morgan fingerprint density at radius 3 is 2.74 bits per heavy atom. The Morgan fingerprint density at radius 2 is 2.06 bits per heavy atom. The van der Waals surface area contributed by atoms with Gasteiger partial charge < -0.3 is 19.6 Å². The lowest BCUT2D eigenvalue weighted by molar-refractivity contribution is -0.144. The van der Waals surface area contributed by atoms with Gasteiger partial charge in [0, 0.05) is 30.2 Å². The lowest BCUT2D eigenvalue weighted by atomic mass is 10.0. The second-order valence-corrected chi connectivity index (χ2v) is 9.46. The standard InChI is InChI=1S/C24H27F3N4O3/c1-14-20(9-29-34-14)23(32)30-22-10-28-21-3-2-18(8-19(21)22)33-5-4-15-6-16-11-31(12-17(16)7-15)13-24(25,26)27/h2-3,8-10,15-17,28H,4-7,11-13H2,1H3,(H,30,32)/t15-,16-,17+. The van der Waals surface area contributed by atoms with Crippen LogP contribution in [0.5, 0.6) is 5.75 Å². The molecule has 1 saturated heterocycles. The lowest BCUT2D eigenvalue weighted by Gasteiger charge is -2.20. The zero-order valence-electron chi connectivity index (χ0n) is 18.8. The summed E-state index contributed by atoms with van der Waals surface area (Å²) in [5, 5.41) is 7.35. The van der Waals surface area contributed by atoms with E-state index in [1.54, 1.807) is 18.0 Å². The monoisotopic (exact) mass is 476 g/mol. The van der Waals surface area contributed by atoms with Crippen molar-refractivity contribution in [2.24, 2.45) is 17.8 Å². The molecule has 1 aliphatic heterocycles. The molecular formula is C24H27F3N4O3. The van der Waals surface area contributed by atoms with Gasteiger partial charge in [-0.25, -0.2) is 0 Å². The van der Waals surface area contributed by atoms with E-state index in [9.17, 15) is 18.0 Å². The average Bonchev–Trinajstić information content (AvgIpc) is 3.51. The van der Waals surface area contributed by atoms with E-state index in [1.807, 2.05) is 18.2 Å². The number of alkyl halides is 3. The van der Waals surface area contributed by atoms with E-state index in [0.29, 0.717) is 60.2 Å². The number of amides is 1. The van der Waals surface area contributed by atoms with Crippen LogP contribution in [0.3, 0.4) is 0 Å². The number of anilines is 1. The van der Waals surface area contributed by atoms with Crippen molar-refractivity contribution in [1.82, 2.24) is 15.0 Å². The Morgan fingerprint density at radius 1 is 1.29 bits per heavy atom. The van der Waals surface area contributed by atoms with Crippen molar-refractivity contribution in [2.75, 3.05) is 31.6 Å². The number of likely N-dealkylation sites (tertiary alicyclic amines) is 1. The molecule has 5 rings (SSSR count). The molecular weight excluding hydrogens is 449 g/mol. The van der Waals surface area contributed by atoms with Crippen molar-refractivity contribution in [2.45, 2.75) is 32.4 Å². The molecule has 3 atom stereocenters. The van der Waals surface area contributed by atoms with Gasteiger partial charge in [0.2, 0.25) is 0 Å². The van der Waals surface area contributed by atoms with E-state index < -0.39 is 12.7 Å². The fraction of sp³-hybridized carbons (Fsp3) is 0.500. The molecule has 0 radical (unpaired) electrons. The lowest BCUT2D eigenvalue weighted by Crippen LogP contribution is -2.33. The van der Waals surface area contributed by atoms with Crippen molar-refractivity contribution in [1.29, 1.82) is 0 Å². The molecule has 1 aliphatic carbocycles. The van der Waals surface area contributed by atoms with Crippen LogP contribution in [-0.2, 0) is 0 Å². The van der Waals surface area contributed by atoms with Crippen LogP contribution in [0.25, 0.3) is 10.9 Å². The van der Waals surface area contributed by atoms with Gasteiger partial charge in [0.1, 0.15) is 17.1 Å². The predicted octanol–water partition coefficient (Wildman–Crippen LogP) is 5.01. The van der Waals surface area contributed by atoms with Gasteiger partial charge in [0.05, 0.1) is 25.0 Å². The van der Waals surface area contributed by atoms with E-state index in [2.05, 4.69) is 15.5 Å². The largest absolute Gasteiger partial charge is 0.494 e. The number of benzene rings is 1. The van der Waals surface area contributed by atoms with Crippen LogP contribution in [0.4, 0.5) is 18.9 Å². The van der Waals surface area contributed by atoms with Crippen LogP contribution < -0.4 is 10.1 Å². The summed E-state index contributed by atoms with van der Waals surface area (Å²) in [5.74, 6) is 2.07. The minimum Gasteiger partial charge on any atom is -0.494 e. The summed E-state index contributed by atoms with van der Waals surface area (Å²) >= 11 is 0. The SMILES string of the molecule is Cc1oncc1C(=O)Nc1c[nH]c2ccc(OCC[C@@H]3C[C@@H]4CN(CC(F)(F)F)C[C@@H]4C3)cc12. The molecule has 7 nitrogen and oxygen atoms in total. The van der Waals surface area contributed by atoms with Crippen molar-refractivity contribution < 1.29 is 27.2 Å². The van der Waals surface area contributed by atoms with E-state index in [1.165, 1.54) is 6.20 Å². The van der Waals surface area contributed by atoms with Gasteiger partial charge in [-0.1, -0.05) is 5.16 Å². The van der Waals surface area contributed by atoms with Gasteiger partial charge in [-0.3, -0.25) is 9.69 Å². The number of carbonyl (C=O) groups excluding carboxylic acids is 1. The van der Waals surface area contributed by atoms with Crippen LogP contribution in [0.1, 0.15) is 35.4 Å². The van der Waals surface area contributed by atoms with E-state index in [0.717, 1.165) is 30.2 Å². The molecule has 2 aromatic heterocycles. The normalized spacial score (nSPS) is 22.9. The van der Waals surface area contributed by atoms with Crippen LogP contribution in [-0.4, -0.2) is 53.4 Å². The summed E-state index contributed by atoms with van der Waals surface area (Å²) in [5.41, 5.74) is 1.89. The minimum absolute atomic E-state index is 0.299. The quantitative estimate of drug-likeness (QED) is 0.501. The highest BCUT2D eigenvalue weighted by molar-refractivity contribution is 6.09. The molecule has 1 saturated carbocycles. The van der Waals surface area contributed by atoms with E-state index in [4.69, 9.17) is 9.26 Å². The highest BCUT2D eigenvalue weighted by atomic mass is 19.4. The van der Waals surface area contributed by atoms with Crippen molar-refractivity contribution in [3.63, 3.8) is 0 Å². The first kappa shape index (κ1) is 22.8. The fourth-order valence-corrected chi connectivity index (χ4v) is 5.48. The molecule has 10 heteroatoms. The zero-order valence-corrected chi connectivity index (χ0v) is 18.8. The van der Waals surface area contributed by atoms with Gasteiger partial charge in [-0.15, -0.1) is 0 Å². The second kappa shape index (κ2) is 8.98. The number of nitrogens with one attached hydrogen (secondary N) is 2. The first-order valence-electron chi connectivity index (χ1n) is 11.5. The van der Waals surface area contributed by atoms with Gasteiger partial charge in [0.15, 0.2) is 0 Å². The number of hydrogen-bond acceptors (Lipinski definition) is 5. The Hall–Kier alpha value is -3.01. The van der Waals surface area contributed by atoms with E-state index in [-0.39, 0.29) is 5.91 Å². The van der Waals surface area contributed by atoms with Crippen molar-refractivity contribution in [3.8, 4) is 5.75 Å². The molecule has 0 spiro atoms. The van der Waals surface area contributed by atoms with Crippen LogP contribution in [0.15, 0.2) is 35.1 Å². The fourth-order valence-electron chi connectivity index (χ4n) is 5.48. The molecule has 2 N–H and O–H groups in total. The third-order valence-corrected chi connectivity index (χ3v) is 7.02. The van der Waals surface area contributed by atoms with Crippen LogP contribution >= 0.6 is 0 Å². The average molecular weight is 476 g/mol. The Bertz CT molecular complexity index is 1160. The first-order chi connectivity index (χ1) is 16.2. The molecule has 34 heavy (non-hydrogen) atoms. The Kier molecular flexibility index (Phi) is 6.01. The maximum atomic E-state index is 12.6. The van der Waals surface area contributed by atoms with E-state index >= 15 is 0 Å². The molecule has 182 valence electrons. The summed E-state index contributed by atoms with van der Waals surface area (Å²) in [4.78, 5) is 17.2. The van der Waals surface area contributed by atoms with Crippen LogP contribution in [0, 0.1) is 24.7 Å². The number of nitrogens with zero attached hydrogens (tertiary/aromatic N) is 2. The topological polar surface area (TPSA) is 83.4 Å². The highest BCUT2D eigenvalue weighted by Gasteiger charge is 2.43. The maximum Gasteiger partial charge on any atom is 0.401 e. The molecule has 3 heterocycles. The number of rotatable bonds is 7. The second-order valence-electron chi connectivity index (χ2n) is 9.46. The number of fused-ring (bicyclic) bond motifs is 2. The molecule has 0 unspecified atom stereocenters. The van der Waals surface area contributed by atoms with Crippen molar-refractivity contribution >= 4 is 22.5 Å². The summed E-state index contributed by atoms with van der Waals surface area (Å²) in [6.07, 6.45) is 1.82. The third-order valence-electron chi connectivity index (χ3n) is 7.02. The summed E-state index contributed by atoms with van der Waals surface area (Å²) in [6, 6.07) is 5.67. The molecule has 0 bridgehead atoms. The zero-order chi connectivity index (χ0) is 23.9. The van der Waals surface area contributed by atoms with Gasteiger partial charge in [0.25, 0.3) is 5.91 Å². The first-order valence-corrected chi connectivity index (χ1v) is 11.5. The molecule has 1 aromatic carbocycles. The highest BCUT2D eigenvalue weighted by Crippen LogP contribution is 2.43. The number of ether oxygens (including phenoxy) is 1. The smallest absolute Gasteiger partial charge is 0.401 e. The third kappa shape index (κ3) is 4.91. The summed E-state index contributed by atoms with van der Waals surface area (Å²) in [6.45, 7) is 2.53. The van der Waals surface area contributed by atoms with Crippen molar-refractivity contribution in [3.05, 3.63) is 41.9 Å². The number of carbonyl (C=O) groups is 1. The summed E-state index contributed by atoms with van der Waals surface area (Å²) in [7, 11) is 0. The Labute approximate surface area is 194 Å². The number of aryl methyl sites for hydroxylation is 1. The molecule has 3 aromatic rings. The molecule has 2 fully saturated rings. The minimum atomic E-state index is -4.12. The van der Waals surface area contributed by atoms with Gasteiger partial charge >= 0.3 is 6.18 Å². The van der Waals surface area contributed by atoms with Gasteiger partial charge in [-0.2, -0.15) is 13.2 Å². The molecule has 2 aliphatic rings. The predicted molar refractivity (Wildman–Crippen MR) is 120 cm³/mol. The number of halogens is 3. The number of aromatic nitrogens is 2. The van der Waals surface area contributed by atoms with Crippen LogP contribution in [0.2, 0.25) is 0 Å². The summed E-state index contributed by atoms with van der Waals surface area (Å²) < 4.78 is 48.9. The maximum absolute atomic E-state index is 12.6. The number of hydrogen-bond donors (Lipinski definition) is 2. The van der Waals surface area contributed by atoms with Gasteiger partial charge in [-0.05, 0) is 62.1 Å². The molecule has 1 amide bonds.